The Kier molecular flexibility index (Phi) is 7.34. The molecule has 1 heterocycles. The molecule has 0 aliphatic rings. The van der Waals surface area contributed by atoms with Gasteiger partial charge < -0.3 is 19.9 Å². The minimum atomic E-state index is -1.00. The summed E-state index contributed by atoms with van der Waals surface area (Å²) in [5.41, 5.74) is 7.87. The van der Waals surface area contributed by atoms with Gasteiger partial charge in [-0.15, -0.1) is 0 Å². The van der Waals surface area contributed by atoms with E-state index in [1.807, 2.05) is 74.5 Å². The van der Waals surface area contributed by atoms with Crippen molar-refractivity contribution in [2.75, 3.05) is 7.11 Å². The monoisotopic (exact) mass is 494 g/mol. The van der Waals surface area contributed by atoms with Crippen LogP contribution in [0.3, 0.4) is 0 Å². The SMILES string of the molecule is COc1ccc(-c2nc(-c3ccc(C=CC(=O)O)cc3)c(-c3ccc(C=CC(=O)O)cc3)[nH]2)c(C)c1C. The van der Waals surface area contributed by atoms with E-state index in [9.17, 15) is 9.59 Å². The number of nitrogens with one attached hydrogen (secondary N) is 1. The second kappa shape index (κ2) is 10.8. The molecule has 0 amide bonds. The number of nitrogens with zero attached hydrogens (tertiary/aromatic N) is 1. The molecule has 0 unspecified atom stereocenters. The maximum atomic E-state index is 10.8. The van der Waals surface area contributed by atoms with Crippen LogP contribution >= 0.6 is 0 Å². The first-order chi connectivity index (χ1) is 17.8. The van der Waals surface area contributed by atoms with E-state index >= 15 is 0 Å². The molecule has 0 radical (unpaired) electrons. The van der Waals surface area contributed by atoms with Crippen molar-refractivity contribution >= 4 is 24.1 Å². The van der Waals surface area contributed by atoms with Gasteiger partial charge in [-0.2, -0.15) is 0 Å². The largest absolute Gasteiger partial charge is 0.496 e. The number of hydrogen-bond donors (Lipinski definition) is 3. The molecule has 7 heteroatoms. The maximum absolute atomic E-state index is 10.8. The summed E-state index contributed by atoms with van der Waals surface area (Å²) >= 11 is 0. The average Bonchev–Trinajstić information content (AvgIpc) is 3.33. The van der Waals surface area contributed by atoms with Gasteiger partial charge in [-0.3, -0.25) is 0 Å². The third-order valence-corrected chi connectivity index (χ3v) is 6.14. The topological polar surface area (TPSA) is 113 Å². The van der Waals surface area contributed by atoms with Gasteiger partial charge in [-0.05, 0) is 60.4 Å². The molecule has 0 bridgehead atoms. The minimum Gasteiger partial charge on any atom is -0.496 e. The van der Waals surface area contributed by atoms with E-state index in [-0.39, 0.29) is 0 Å². The fourth-order valence-corrected chi connectivity index (χ4v) is 4.04. The number of hydrogen-bond acceptors (Lipinski definition) is 4. The van der Waals surface area contributed by atoms with Gasteiger partial charge >= 0.3 is 11.9 Å². The Balaban J connectivity index is 1.82. The first kappa shape index (κ1) is 25.2. The molecule has 37 heavy (non-hydrogen) atoms. The number of carboxylic acids is 2. The van der Waals surface area contributed by atoms with Gasteiger partial charge in [0.25, 0.3) is 0 Å². The molecule has 3 N–H and O–H groups in total. The standard InChI is InChI=1S/C30H26N2O5/c1-18-19(2)25(37-3)15-14-24(18)30-31-28(22-10-4-20(5-11-22)8-16-26(33)34)29(32-30)23-12-6-21(7-13-23)9-17-27(35)36/h4-17H,1-3H3,(H,31,32)(H,33,34)(H,35,36). The van der Waals surface area contributed by atoms with Crippen molar-refractivity contribution in [1.29, 1.82) is 0 Å². The predicted molar refractivity (Wildman–Crippen MR) is 144 cm³/mol. The molecule has 186 valence electrons. The van der Waals surface area contributed by atoms with Crippen molar-refractivity contribution in [2.24, 2.45) is 0 Å². The Hall–Kier alpha value is -4.91. The summed E-state index contributed by atoms with van der Waals surface area (Å²) < 4.78 is 5.46. The first-order valence-electron chi connectivity index (χ1n) is 11.5. The van der Waals surface area contributed by atoms with Gasteiger partial charge in [0, 0.05) is 28.8 Å². The zero-order valence-corrected chi connectivity index (χ0v) is 20.6. The van der Waals surface area contributed by atoms with Crippen LogP contribution < -0.4 is 4.74 Å². The highest BCUT2D eigenvalue weighted by Gasteiger charge is 2.18. The average molecular weight is 495 g/mol. The van der Waals surface area contributed by atoms with Crippen molar-refractivity contribution in [3.8, 4) is 39.7 Å². The first-order valence-corrected chi connectivity index (χ1v) is 11.5. The van der Waals surface area contributed by atoms with E-state index in [0.717, 1.165) is 68.2 Å². The number of aliphatic carboxylic acids is 2. The third-order valence-electron chi connectivity index (χ3n) is 6.14. The molecule has 0 fully saturated rings. The Morgan fingerprint density at radius 3 is 1.84 bits per heavy atom. The van der Waals surface area contributed by atoms with Crippen LogP contribution in [0, 0.1) is 13.8 Å². The van der Waals surface area contributed by atoms with Crippen molar-refractivity contribution < 1.29 is 24.5 Å². The van der Waals surface area contributed by atoms with Crippen LogP contribution in [0.2, 0.25) is 0 Å². The molecule has 7 nitrogen and oxygen atoms in total. The molecule has 0 saturated heterocycles. The molecule has 1 aromatic heterocycles. The van der Waals surface area contributed by atoms with E-state index in [4.69, 9.17) is 19.9 Å². The highest BCUT2D eigenvalue weighted by molar-refractivity contribution is 5.87. The van der Waals surface area contributed by atoms with Crippen molar-refractivity contribution in [2.45, 2.75) is 13.8 Å². The van der Waals surface area contributed by atoms with Gasteiger partial charge in [0.15, 0.2) is 0 Å². The second-order valence-corrected chi connectivity index (χ2v) is 8.46. The lowest BCUT2D eigenvalue weighted by Crippen LogP contribution is -1.94. The van der Waals surface area contributed by atoms with Gasteiger partial charge in [0.1, 0.15) is 11.6 Å². The molecule has 4 aromatic rings. The number of carboxylic acid groups (broad SMARTS) is 2. The molecule has 0 spiro atoms. The molecule has 0 atom stereocenters. The smallest absolute Gasteiger partial charge is 0.328 e. The Labute approximate surface area is 214 Å². The van der Waals surface area contributed by atoms with Crippen LogP contribution in [0.1, 0.15) is 22.3 Å². The lowest BCUT2D eigenvalue weighted by atomic mass is 10.0. The lowest BCUT2D eigenvalue weighted by Gasteiger charge is -2.11. The third kappa shape index (κ3) is 5.67. The van der Waals surface area contributed by atoms with Gasteiger partial charge in [-0.25, -0.2) is 14.6 Å². The second-order valence-electron chi connectivity index (χ2n) is 8.46. The van der Waals surface area contributed by atoms with Crippen molar-refractivity contribution in [3.63, 3.8) is 0 Å². The number of carbonyl (C=O) groups is 2. The number of aromatic nitrogens is 2. The fraction of sp³-hybridized carbons (Fsp3) is 0.100. The number of ether oxygens (including phenoxy) is 1. The molecular formula is C30H26N2O5. The number of H-pyrrole nitrogens is 1. The maximum Gasteiger partial charge on any atom is 0.328 e. The van der Waals surface area contributed by atoms with E-state index in [2.05, 4.69) is 4.98 Å². The number of rotatable bonds is 8. The van der Waals surface area contributed by atoms with Crippen LogP contribution in [0.4, 0.5) is 0 Å². The lowest BCUT2D eigenvalue weighted by molar-refractivity contribution is -0.132. The van der Waals surface area contributed by atoms with Gasteiger partial charge in [0.2, 0.25) is 0 Å². The summed E-state index contributed by atoms with van der Waals surface area (Å²) in [5.74, 6) is -0.493. The number of benzene rings is 3. The van der Waals surface area contributed by atoms with Crippen LogP contribution in [0.15, 0.2) is 72.8 Å². The van der Waals surface area contributed by atoms with Gasteiger partial charge in [0.05, 0.1) is 18.5 Å². The molecular weight excluding hydrogens is 468 g/mol. The summed E-state index contributed by atoms with van der Waals surface area (Å²) in [6.45, 7) is 4.04. The molecule has 0 saturated carbocycles. The van der Waals surface area contributed by atoms with Crippen molar-refractivity contribution in [3.05, 3.63) is 95.1 Å². The van der Waals surface area contributed by atoms with E-state index in [1.54, 1.807) is 7.11 Å². The van der Waals surface area contributed by atoms with Crippen LogP contribution in [-0.4, -0.2) is 39.2 Å². The summed E-state index contributed by atoms with van der Waals surface area (Å²) in [6, 6.07) is 18.9. The fourth-order valence-electron chi connectivity index (χ4n) is 4.04. The Bertz CT molecular complexity index is 1430. The Morgan fingerprint density at radius 1 is 0.784 bits per heavy atom. The van der Waals surface area contributed by atoms with Gasteiger partial charge in [-0.1, -0.05) is 48.5 Å². The molecule has 0 aliphatic heterocycles. The zero-order chi connectivity index (χ0) is 26.5. The van der Waals surface area contributed by atoms with E-state index < -0.39 is 11.9 Å². The Morgan fingerprint density at radius 2 is 1.32 bits per heavy atom. The van der Waals surface area contributed by atoms with Crippen LogP contribution in [-0.2, 0) is 9.59 Å². The molecule has 0 aliphatic carbocycles. The van der Waals surface area contributed by atoms with E-state index in [0.29, 0.717) is 5.82 Å². The zero-order valence-electron chi connectivity index (χ0n) is 20.6. The number of methoxy groups -OCH3 is 1. The van der Waals surface area contributed by atoms with Crippen LogP contribution in [0.25, 0.3) is 46.1 Å². The van der Waals surface area contributed by atoms with Crippen molar-refractivity contribution in [1.82, 2.24) is 9.97 Å². The summed E-state index contributed by atoms with van der Waals surface area (Å²) in [4.78, 5) is 30.2. The van der Waals surface area contributed by atoms with Crippen LogP contribution in [0.5, 0.6) is 5.75 Å². The number of imidazole rings is 1. The molecule has 3 aromatic carbocycles. The highest BCUT2D eigenvalue weighted by Crippen LogP contribution is 2.36. The summed E-state index contributed by atoms with van der Waals surface area (Å²) in [6.07, 6.45) is 5.28. The predicted octanol–water partition coefficient (Wildman–Crippen LogP) is 6.23. The molecule has 4 rings (SSSR count). The normalized spacial score (nSPS) is 11.3. The van der Waals surface area contributed by atoms with E-state index in [1.165, 1.54) is 12.2 Å². The number of aromatic amines is 1. The summed E-state index contributed by atoms with van der Waals surface area (Å²) in [5, 5.41) is 17.8. The quantitative estimate of drug-likeness (QED) is 0.250. The summed E-state index contributed by atoms with van der Waals surface area (Å²) in [7, 11) is 1.65. The minimum absolute atomic E-state index is 0.706. The highest BCUT2D eigenvalue weighted by atomic mass is 16.5.